The van der Waals surface area contributed by atoms with Gasteiger partial charge in [0.1, 0.15) is 0 Å². The van der Waals surface area contributed by atoms with E-state index in [1.807, 2.05) is 6.07 Å². The van der Waals surface area contributed by atoms with Crippen LogP contribution in [0.3, 0.4) is 0 Å². The molecule has 0 spiro atoms. The molecule has 0 unspecified atom stereocenters. The van der Waals surface area contributed by atoms with Crippen LogP contribution in [0.25, 0.3) is 0 Å². The average molecular weight is 397 g/mol. The first-order chi connectivity index (χ1) is 12.8. The van der Waals surface area contributed by atoms with Crippen molar-refractivity contribution >= 4 is 15.8 Å². The van der Waals surface area contributed by atoms with Crippen LogP contribution in [0.5, 0.6) is 0 Å². The third-order valence-corrected chi connectivity index (χ3v) is 6.24. The zero-order valence-electron chi connectivity index (χ0n) is 17.4. The van der Waals surface area contributed by atoms with Crippen molar-refractivity contribution in [1.29, 1.82) is 0 Å². The molecule has 1 aromatic carbocycles. The van der Waals surface area contributed by atoms with E-state index in [1.54, 1.807) is 31.3 Å². The van der Waals surface area contributed by atoms with Crippen LogP contribution >= 0.6 is 0 Å². The average Bonchev–Trinajstić information content (AvgIpc) is 2.63. The topological polar surface area (TPSA) is 73.8 Å². The first kappa shape index (κ1) is 23.4. The van der Waals surface area contributed by atoms with Crippen molar-refractivity contribution in [1.82, 2.24) is 15.5 Å². The van der Waals surface area contributed by atoms with Crippen LogP contribution in [-0.4, -0.2) is 63.8 Å². The third kappa shape index (κ3) is 8.75. The van der Waals surface area contributed by atoms with Gasteiger partial charge in [-0.25, -0.2) is 8.42 Å². The number of guanidine groups is 1. The fourth-order valence-corrected chi connectivity index (χ4v) is 4.35. The summed E-state index contributed by atoms with van der Waals surface area (Å²) in [6.45, 7) is 11.3. The van der Waals surface area contributed by atoms with Gasteiger partial charge in [0.2, 0.25) is 0 Å². The third-order valence-electron chi connectivity index (χ3n) is 4.42. The predicted octanol–water partition coefficient (Wildman–Crippen LogP) is 2.52. The van der Waals surface area contributed by atoms with Crippen LogP contribution in [0.15, 0.2) is 40.2 Å². The molecular weight excluding hydrogens is 360 g/mol. The minimum Gasteiger partial charge on any atom is -0.356 e. The van der Waals surface area contributed by atoms with Gasteiger partial charge >= 0.3 is 0 Å². The highest BCUT2D eigenvalue weighted by Crippen LogP contribution is 2.10. The Labute approximate surface area is 165 Å². The van der Waals surface area contributed by atoms with Gasteiger partial charge in [0.15, 0.2) is 15.8 Å². The van der Waals surface area contributed by atoms with Crippen molar-refractivity contribution < 1.29 is 8.42 Å². The smallest absolute Gasteiger partial charge is 0.190 e. The Bertz CT molecular complexity index is 650. The number of hydrogen-bond acceptors (Lipinski definition) is 4. The lowest BCUT2D eigenvalue weighted by Crippen LogP contribution is -2.41. The molecule has 0 aliphatic heterocycles. The van der Waals surface area contributed by atoms with Crippen molar-refractivity contribution in [2.24, 2.45) is 4.99 Å². The molecule has 0 atom stereocenters. The zero-order chi connectivity index (χ0) is 20.3. The second-order valence-corrected chi connectivity index (χ2v) is 9.30. The maximum atomic E-state index is 12.3. The minimum absolute atomic E-state index is 0.124. The van der Waals surface area contributed by atoms with Crippen molar-refractivity contribution in [3.05, 3.63) is 30.3 Å². The second kappa shape index (κ2) is 12.0. The van der Waals surface area contributed by atoms with E-state index in [0.29, 0.717) is 35.9 Å². The Morgan fingerprint density at radius 3 is 2.07 bits per heavy atom. The number of aliphatic imine (C=N–C) groups is 1. The van der Waals surface area contributed by atoms with Gasteiger partial charge in [-0.1, -0.05) is 18.2 Å². The minimum atomic E-state index is -3.22. The Hall–Kier alpha value is -1.60. The summed E-state index contributed by atoms with van der Waals surface area (Å²) < 4.78 is 24.5. The summed E-state index contributed by atoms with van der Waals surface area (Å²) in [6.07, 6.45) is 1.56. The first-order valence-corrected chi connectivity index (χ1v) is 11.4. The maximum absolute atomic E-state index is 12.3. The molecule has 0 radical (unpaired) electrons. The molecule has 7 heteroatoms. The van der Waals surface area contributed by atoms with E-state index in [1.165, 1.54) is 0 Å². The molecule has 0 saturated carbocycles. The molecular formula is C20H36N4O2S. The predicted molar refractivity (Wildman–Crippen MR) is 114 cm³/mol. The number of sulfone groups is 1. The summed E-state index contributed by atoms with van der Waals surface area (Å²) in [6, 6.07) is 9.66. The van der Waals surface area contributed by atoms with E-state index in [9.17, 15) is 8.42 Å². The summed E-state index contributed by atoms with van der Waals surface area (Å²) in [5.74, 6) is 0.839. The molecule has 0 fully saturated rings. The van der Waals surface area contributed by atoms with E-state index in [0.717, 1.165) is 19.5 Å². The van der Waals surface area contributed by atoms with Gasteiger partial charge in [-0.2, -0.15) is 0 Å². The normalized spacial score (nSPS) is 12.8. The molecule has 1 rings (SSSR count). The van der Waals surface area contributed by atoms with E-state index < -0.39 is 9.84 Å². The van der Waals surface area contributed by atoms with Gasteiger partial charge in [-0.15, -0.1) is 0 Å². The molecule has 0 bridgehead atoms. The SMILES string of the molecule is CN=C(NCCCN(C(C)C)C(C)C)NCCCS(=O)(=O)c1ccccc1. The standard InChI is InChI=1S/C20H36N4O2S/c1-17(2)24(18(3)4)15-9-13-22-20(21-5)23-14-10-16-27(25,26)19-11-7-6-8-12-19/h6-8,11-12,17-18H,9-10,13-16H2,1-5H3,(H2,21,22,23). The number of nitrogens with one attached hydrogen (secondary N) is 2. The van der Waals surface area contributed by atoms with Gasteiger partial charge in [0.25, 0.3) is 0 Å². The number of rotatable bonds is 11. The van der Waals surface area contributed by atoms with Gasteiger partial charge < -0.3 is 10.6 Å². The lowest BCUT2D eigenvalue weighted by atomic mass is 10.2. The van der Waals surface area contributed by atoms with Crippen molar-refractivity contribution in [2.45, 2.75) is 57.5 Å². The Morgan fingerprint density at radius 2 is 1.56 bits per heavy atom. The largest absolute Gasteiger partial charge is 0.356 e. The fourth-order valence-electron chi connectivity index (χ4n) is 3.02. The molecule has 0 amide bonds. The highest BCUT2D eigenvalue weighted by atomic mass is 32.2. The van der Waals surface area contributed by atoms with Gasteiger partial charge in [-0.05, 0) is 52.7 Å². The highest BCUT2D eigenvalue weighted by Gasteiger charge is 2.14. The lowest BCUT2D eigenvalue weighted by molar-refractivity contribution is 0.173. The van der Waals surface area contributed by atoms with Crippen LogP contribution in [0.2, 0.25) is 0 Å². The molecule has 0 saturated heterocycles. The Morgan fingerprint density at radius 1 is 1.00 bits per heavy atom. The molecule has 0 aliphatic rings. The molecule has 154 valence electrons. The Balaban J connectivity index is 2.29. The summed E-state index contributed by atoms with van der Waals surface area (Å²) >= 11 is 0. The second-order valence-electron chi connectivity index (χ2n) is 7.19. The molecule has 0 heterocycles. The van der Waals surface area contributed by atoms with Crippen LogP contribution in [0.4, 0.5) is 0 Å². The summed E-state index contributed by atoms with van der Waals surface area (Å²) in [7, 11) is -1.49. The zero-order valence-corrected chi connectivity index (χ0v) is 18.2. The van der Waals surface area contributed by atoms with Gasteiger partial charge in [0.05, 0.1) is 10.6 Å². The molecule has 0 aromatic heterocycles. The quantitative estimate of drug-likeness (QED) is 0.342. The summed E-state index contributed by atoms with van der Waals surface area (Å²) in [4.78, 5) is 7.04. The molecule has 27 heavy (non-hydrogen) atoms. The monoisotopic (exact) mass is 396 g/mol. The Kier molecular flexibility index (Phi) is 10.4. The van der Waals surface area contributed by atoms with Crippen LogP contribution in [-0.2, 0) is 9.84 Å². The fraction of sp³-hybridized carbons (Fsp3) is 0.650. The molecule has 2 N–H and O–H groups in total. The van der Waals surface area contributed by atoms with E-state index >= 15 is 0 Å². The molecule has 1 aromatic rings. The van der Waals surface area contributed by atoms with Crippen molar-refractivity contribution in [3.63, 3.8) is 0 Å². The van der Waals surface area contributed by atoms with Gasteiger partial charge in [-0.3, -0.25) is 9.89 Å². The van der Waals surface area contributed by atoms with E-state index in [4.69, 9.17) is 0 Å². The van der Waals surface area contributed by atoms with Crippen molar-refractivity contribution in [2.75, 3.05) is 32.4 Å². The summed E-state index contributed by atoms with van der Waals surface area (Å²) in [5, 5.41) is 6.48. The lowest BCUT2D eigenvalue weighted by Gasteiger charge is -2.30. The molecule has 0 aliphatic carbocycles. The van der Waals surface area contributed by atoms with Crippen molar-refractivity contribution in [3.8, 4) is 0 Å². The van der Waals surface area contributed by atoms with E-state index in [-0.39, 0.29) is 5.75 Å². The van der Waals surface area contributed by atoms with Crippen LogP contribution in [0, 0.1) is 0 Å². The first-order valence-electron chi connectivity index (χ1n) is 9.76. The highest BCUT2D eigenvalue weighted by molar-refractivity contribution is 7.91. The van der Waals surface area contributed by atoms with Crippen LogP contribution < -0.4 is 10.6 Å². The summed E-state index contributed by atoms with van der Waals surface area (Å²) in [5.41, 5.74) is 0. The van der Waals surface area contributed by atoms with Gasteiger partial charge in [0, 0.05) is 38.8 Å². The molecule has 6 nitrogen and oxygen atoms in total. The van der Waals surface area contributed by atoms with E-state index in [2.05, 4.69) is 48.2 Å². The number of nitrogens with zero attached hydrogens (tertiary/aromatic N) is 2. The maximum Gasteiger partial charge on any atom is 0.190 e. The van der Waals surface area contributed by atoms with Crippen LogP contribution in [0.1, 0.15) is 40.5 Å². The number of benzene rings is 1. The number of hydrogen-bond donors (Lipinski definition) is 2.